The standard InChI is InChI=1S/C22H24N4O2S/c27-19(23-16-18-11-5-2-6-12-18)13-7-8-14-21-25-26-22(29-21)24-20(28)15-17-9-3-1-4-10-17/h1-6,9-12H,7-8,13-16H2,(H,23,27)(H,24,26,28). The lowest BCUT2D eigenvalue weighted by Gasteiger charge is -2.04. The Kier molecular flexibility index (Phi) is 7.89. The largest absolute Gasteiger partial charge is 0.352 e. The van der Waals surface area contributed by atoms with Crippen LogP contribution in [0.15, 0.2) is 60.7 Å². The predicted octanol–water partition coefficient (Wildman–Crippen LogP) is 3.75. The Morgan fingerprint density at radius 3 is 2.24 bits per heavy atom. The molecule has 0 bridgehead atoms. The molecular formula is C22H24N4O2S. The molecule has 7 heteroatoms. The van der Waals surface area contributed by atoms with Crippen molar-refractivity contribution < 1.29 is 9.59 Å². The van der Waals surface area contributed by atoms with Crippen molar-refractivity contribution in [3.05, 3.63) is 76.8 Å². The lowest BCUT2D eigenvalue weighted by Crippen LogP contribution is -2.22. The molecular weight excluding hydrogens is 384 g/mol. The molecule has 0 aliphatic heterocycles. The molecule has 2 aromatic carbocycles. The van der Waals surface area contributed by atoms with Crippen molar-refractivity contribution in [3.63, 3.8) is 0 Å². The molecule has 0 spiro atoms. The Morgan fingerprint density at radius 2 is 1.52 bits per heavy atom. The summed E-state index contributed by atoms with van der Waals surface area (Å²) in [6.07, 6.45) is 3.19. The second kappa shape index (κ2) is 11.1. The summed E-state index contributed by atoms with van der Waals surface area (Å²) >= 11 is 1.38. The van der Waals surface area contributed by atoms with Crippen LogP contribution in [0.5, 0.6) is 0 Å². The molecule has 0 saturated carbocycles. The second-order valence-corrected chi connectivity index (χ2v) is 7.74. The third kappa shape index (κ3) is 7.46. The van der Waals surface area contributed by atoms with Crippen LogP contribution in [0.1, 0.15) is 35.4 Å². The minimum atomic E-state index is -0.103. The van der Waals surface area contributed by atoms with Gasteiger partial charge in [-0.1, -0.05) is 72.0 Å². The summed E-state index contributed by atoms with van der Waals surface area (Å²) in [5.41, 5.74) is 2.05. The summed E-state index contributed by atoms with van der Waals surface area (Å²) in [6, 6.07) is 19.4. The van der Waals surface area contributed by atoms with E-state index in [-0.39, 0.29) is 11.8 Å². The van der Waals surface area contributed by atoms with E-state index in [9.17, 15) is 9.59 Å². The van der Waals surface area contributed by atoms with E-state index >= 15 is 0 Å². The SMILES string of the molecule is O=C(CCCCc1nnc(NC(=O)Cc2ccccc2)s1)NCc1ccccc1. The van der Waals surface area contributed by atoms with Crippen LogP contribution < -0.4 is 10.6 Å². The van der Waals surface area contributed by atoms with Crippen molar-refractivity contribution in [2.75, 3.05) is 5.32 Å². The van der Waals surface area contributed by atoms with E-state index < -0.39 is 0 Å². The van der Waals surface area contributed by atoms with Crippen molar-refractivity contribution >= 4 is 28.3 Å². The van der Waals surface area contributed by atoms with Crippen molar-refractivity contribution in [1.29, 1.82) is 0 Å². The molecule has 0 unspecified atom stereocenters. The molecule has 2 amide bonds. The molecule has 6 nitrogen and oxygen atoms in total. The van der Waals surface area contributed by atoms with E-state index in [2.05, 4.69) is 20.8 Å². The van der Waals surface area contributed by atoms with E-state index in [0.29, 0.717) is 24.5 Å². The van der Waals surface area contributed by atoms with E-state index in [1.165, 1.54) is 11.3 Å². The number of nitrogens with one attached hydrogen (secondary N) is 2. The fourth-order valence-corrected chi connectivity index (χ4v) is 3.59. The Labute approximate surface area is 174 Å². The van der Waals surface area contributed by atoms with Crippen LogP contribution in [0.4, 0.5) is 5.13 Å². The number of hydrogen-bond acceptors (Lipinski definition) is 5. The zero-order valence-corrected chi connectivity index (χ0v) is 17.0. The van der Waals surface area contributed by atoms with Gasteiger partial charge in [0.05, 0.1) is 6.42 Å². The summed E-state index contributed by atoms with van der Waals surface area (Å²) in [4.78, 5) is 24.0. The molecule has 0 radical (unpaired) electrons. The third-order valence-corrected chi connectivity index (χ3v) is 5.20. The maximum atomic E-state index is 12.1. The summed E-state index contributed by atoms with van der Waals surface area (Å²) in [6.45, 7) is 0.558. The normalized spacial score (nSPS) is 10.5. The van der Waals surface area contributed by atoms with Gasteiger partial charge >= 0.3 is 0 Å². The monoisotopic (exact) mass is 408 g/mol. The highest BCUT2D eigenvalue weighted by molar-refractivity contribution is 7.15. The van der Waals surface area contributed by atoms with Gasteiger partial charge in [-0.3, -0.25) is 9.59 Å². The average Bonchev–Trinajstić information content (AvgIpc) is 3.18. The van der Waals surface area contributed by atoms with Gasteiger partial charge in [-0.25, -0.2) is 0 Å². The van der Waals surface area contributed by atoms with Gasteiger partial charge in [0.25, 0.3) is 0 Å². The quantitative estimate of drug-likeness (QED) is 0.501. The zero-order chi connectivity index (χ0) is 20.3. The highest BCUT2D eigenvalue weighted by Crippen LogP contribution is 2.18. The van der Waals surface area contributed by atoms with Crippen LogP contribution in [0.2, 0.25) is 0 Å². The van der Waals surface area contributed by atoms with Crippen LogP contribution in [0.25, 0.3) is 0 Å². The van der Waals surface area contributed by atoms with Crippen molar-refractivity contribution in [2.24, 2.45) is 0 Å². The molecule has 2 N–H and O–H groups in total. The molecule has 3 rings (SSSR count). The fraction of sp³-hybridized carbons (Fsp3) is 0.273. The lowest BCUT2D eigenvalue weighted by atomic mass is 10.1. The van der Waals surface area contributed by atoms with Gasteiger partial charge in [0.15, 0.2) is 0 Å². The van der Waals surface area contributed by atoms with E-state index in [0.717, 1.165) is 35.4 Å². The Bertz CT molecular complexity index is 913. The van der Waals surface area contributed by atoms with Gasteiger partial charge in [0.2, 0.25) is 16.9 Å². The maximum absolute atomic E-state index is 12.1. The average molecular weight is 409 g/mol. The Balaban J connectivity index is 1.32. The number of benzene rings is 2. The molecule has 150 valence electrons. The van der Waals surface area contributed by atoms with E-state index in [4.69, 9.17) is 0 Å². The number of nitrogens with zero attached hydrogens (tertiary/aromatic N) is 2. The predicted molar refractivity (Wildman–Crippen MR) is 115 cm³/mol. The number of aromatic nitrogens is 2. The number of carbonyl (C=O) groups is 2. The first kappa shape index (κ1) is 20.7. The number of unbranched alkanes of at least 4 members (excludes halogenated alkanes) is 1. The molecule has 1 aromatic heterocycles. The third-order valence-electron chi connectivity index (χ3n) is 4.30. The number of amides is 2. The second-order valence-electron chi connectivity index (χ2n) is 6.68. The topological polar surface area (TPSA) is 84.0 Å². The van der Waals surface area contributed by atoms with Crippen LogP contribution in [0.3, 0.4) is 0 Å². The molecule has 0 fully saturated rings. The summed E-state index contributed by atoms with van der Waals surface area (Å²) < 4.78 is 0. The first-order chi connectivity index (χ1) is 14.2. The Morgan fingerprint density at radius 1 is 0.828 bits per heavy atom. The van der Waals surface area contributed by atoms with Crippen LogP contribution >= 0.6 is 11.3 Å². The maximum Gasteiger partial charge on any atom is 0.230 e. The van der Waals surface area contributed by atoms with Crippen LogP contribution in [0, 0.1) is 0 Å². The lowest BCUT2D eigenvalue weighted by molar-refractivity contribution is -0.121. The fourth-order valence-electron chi connectivity index (χ4n) is 2.80. The molecule has 0 aliphatic carbocycles. The summed E-state index contributed by atoms with van der Waals surface area (Å²) in [5.74, 6) is -0.0473. The smallest absolute Gasteiger partial charge is 0.230 e. The molecule has 3 aromatic rings. The zero-order valence-electron chi connectivity index (χ0n) is 16.1. The molecule has 0 atom stereocenters. The molecule has 0 saturated heterocycles. The van der Waals surface area contributed by atoms with Gasteiger partial charge < -0.3 is 10.6 Å². The molecule has 0 aliphatic rings. The van der Waals surface area contributed by atoms with Crippen molar-refractivity contribution in [1.82, 2.24) is 15.5 Å². The minimum Gasteiger partial charge on any atom is -0.352 e. The van der Waals surface area contributed by atoms with Crippen molar-refractivity contribution in [3.8, 4) is 0 Å². The first-order valence-corrected chi connectivity index (χ1v) is 10.5. The summed E-state index contributed by atoms with van der Waals surface area (Å²) in [7, 11) is 0. The highest BCUT2D eigenvalue weighted by atomic mass is 32.1. The highest BCUT2D eigenvalue weighted by Gasteiger charge is 2.09. The Hall–Kier alpha value is -3.06. The molecule has 29 heavy (non-hydrogen) atoms. The molecule has 1 heterocycles. The van der Waals surface area contributed by atoms with Crippen LogP contribution in [-0.2, 0) is 29.0 Å². The number of anilines is 1. The van der Waals surface area contributed by atoms with Crippen molar-refractivity contribution in [2.45, 2.75) is 38.6 Å². The van der Waals surface area contributed by atoms with Gasteiger partial charge in [0.1, 0.15) is 5.01 Å². The number of hydrogen-bond donors (Lipinski definition) is 2. The van der Waals surface area contributed by atoms with E-state index in [1.54, 1.807) is 0 Å². The number of aryl methyl sites for hydroxylation is 1. The number of carbonyl (C=O) groups excluding carboxylic acids is 2. The van der Waals surface area contributed by atoms with E-state index in [1.807, 2.05) is 60.7 Å². The van der Waals surface area contributed by atoms with Gasteiger partial charge in [-0.15, -0.1) is 10.2 Å². The van der Waals surface area contributed by atoms with Gasteiger partial charge in [-0.05, 0) is 24.0 Å². The minimum absolute atomic E-state index is 0.0555. The van der Waals surface area contributed by atoms with Gasteiger partial charge in [-0.2, -0.15) is 0 Å². The van der Waals surface area contributed by atoms with Crippen LogP contribution in [-0.4, -0.2) is 22.0 Å². The summed E-state index contributed by atoms with van der Waals surface area (Å²) in [5, 5.41) is 15.3. The van der Waals surface area contributed by atoms with Gasteiger partial charge in [0, 0.05) is 19.4 Å². The first-order valence-electron chi connectivity index (χ1n) is 9.66. The number of rotatable bonds is 10.